The standard InChI is InChI=1S/C12H15N.ClH/c13-10-6-9-2-1-3-11(8-4-5-8)12(9)7-10;/h1-3,8,10H,4-7,13H2;1H. The van der Waals surface area contributed by atoms with E-state index >= 15 is 0 Å². The number of hydrogen-bond acceptors (Lipinski definition) is 1. The summed E-state index contributed by atoms with van der Waals surface area (Å²) in [5.41, 5.74) is 10.7. The van der Waals surface area contributed by atoms with Gasteiger partial charge in [0.1, 0.15) is 0 Å². The van der Waals surface area contributed by atoms with Gasteiger partial charge in [-0.2, -0.15) is 0 Å². The van der Waals surface area contributed by atoms with E-state index in [-0.39, 0.29) is 12.4 Å². The summed E-state index contributed by atoms with van der Waals surface area (Å²) in [6.45, 7) is 0. The molecule has 2 heteroatoms. The van der Waals surface area contributed by atoms with Crippen molar-refractivity contribution in [2.24, 2.45) is 5.73 Å². The van der Waals surface area contributed by atoms with Crippen LogP contribution >= 0.6 is 12.4 Å². The number of halogens is 1. The van der Waals surface area contributed by atoms with Gasteiger partial charge in [-0.1, -0.05) is 18.2 Å². The van der Waals surface area contributed by atoms with E-state index in [9.17, 15) is 0 Å². The molecule has 1 aromatic rings. The number of fused-ring (bicyclic) bond motifs is 1. The van der Waals surface area contributed by atoms with Crippen LogP contribution in [0.3, 0.4) is 0 Å². The van der Waals surface area contributed by atoms with Gasteiger partial charge in [0.25, 0.3) is 0 Å². The molecule has 0 spiro atoms. The van der Waals surface area contributed by atoms with E-state index in [2.05, 4.69) is 18.2 Å². The summed E-state index contributed by atoms with van der Waals surface area (Å²) >= 11 is 0. The van der Waals surface area contributed by atoms with Crippen molar-refractivity contribution in [2.45, 2.75) is 37.6 Å². The molecule has 2 aliphatic carbocycles. The second-order valence-corrected chi connectivity index (χ2v) is 4.43. The zero-order valence-electron chi connectivity index (χ0n) is 8.20. The Balaban J connectivity index is 0.000000750. The molecule has 0 heterocycles. The number of rotatable bonds is 1. The SMILES string of the molecule is Cl.NC1Cc2cccc(C3CC3)c2C1. The van der Waals surface area contributed by atoms with Crippen molar-refractivity contribution in [1.82, 2.24) is 0 Å². The summed E-state index contributed by atoms with van der Waals surface area (Å²) in [5, 5.41) is 0. The van der Waals surface area contributed by atoms with Gasteiger partial charge in [-0.15, -0.1) is 12.4 Å². The van der Waals surface area contributed by atoms with Crippen molar-refractivity contribution in [3.8, 4) is 0 Å². The van der Waals surface area contributed by atoms with E-state index in [1.807, 2.05) is 0 Å². The van der Waals surface area contributed by atoms with Crippen LogP contribution in [-0.4, -0.2) is 6.04 Å². The highest BCUT2D eigenvalue weighted by atomic mass is 35.5. The fourth-order valence-corrected chi connectivity index (χ4v) is 2.49. The van der Waals surface area contributed by atoms with Gasteiger partial charge >= 0.3 is 0 Å². The van der Waals surface area contributed by atoms with Gasteiger partial charge in [-0.25, -0.2) is 0 Å². The third-order valence-corrected chi connectivity index (χ3v) is 3.27. The van der Waals surface area contributed by atoms with E-state index in [1.165, 1.54) is 18.4 Å². The van der Waals surface area contributed by atoms with E-state index in [0.29, 0.717) is 6.04 Å². The summed E-state index contributed by atoms with van der Waals surface area (Å²) < 4.78 is 0. The van der Waals surface area contributed by atoms with E-state index in [4.69, 9.17) is 5.73 Å². The van der Waals surface area contributed by atoms with E-state index in [1.54, 1.807) is 11.1 Å². The molecule has 1 nitrogen and oxygen atoms in total. The molecule has 1 atom stereocenters. The Hall–Kier alpha value is -0.530. The first-order chi connectivity index (χ1) is 6.34. The van der Waals surface area contributed by atoms with Gasteiger partial charge < -0.3 is 5.73 Å². The topological polar surface area (TPSA) is 26.0 Å². The Morgan fingerprint density at radius 3 is 2.64 bits per heavy atom. The predicted octanol–water partition coefficient (Wildman–Crippen LogP) is 2.41. The minimum Gasteiger partial charge on any atom is -0.327 e. The lowest BCUT2D eigenvalue weighted by atomic mass is 10.00. The predicted molar refractivity (Wildman–Crippen MR) is 61.0 cm³/mol. The Morgan fingerprint density at radius 2 is 1.93 bits per heavy atom. The molecule has 1 fully saturated rings. The van der Waals surface area contributed by atoms with Crippen LogP contribution in [0, 0.1) is 0 Å². The minimum absolute atomic E-state index is 0. The molecule has 1 saturated carbocycles. The normalized spacial score (nSPS) is 24.2. The monoisotopic (exact) mass is 209 g/mol. The van der Waals surface area contributed by atoms with Crippen molar-refractivity contribution < 1.29 is 0 Å². The molecule has 76 valence electrons. The molecule has 1 unspecified atom stereocenters. The highest BCUT2D eigenvalue weighted by Gasteiger charge is 2.29. The highest BCUT2D eigenvalue weighted by molar-refractivity contribution is 5.85. The zero-order valence-corrected chi connectivity index (χ0v) is 9.02. The Labute approximate surface area is 91.1 Å². The summed E-state index contributed by atoms with van der Waals surface area (Å²) in [6, 6.07) is 7.13. The lowest BCUT2D eigenvalue weighted by Gasteiger charge is -2.05. The Morgan fingerprint density at radius 1 is 1.14 bits per heavy atom. The first-order valence-corrected chi connectivity index (χ1v) is 5.21. The molecule has 0 aromatic heterocycles. The first kappa shape index (κ1) is 10.0. The van der Waals surface area contributed by atoms with Crippen LogP contribution in [0.5, 0.6) is 0 Å². The minimum atomic E-state index is 0. The lowest BCUT2D eigenvalue weighted by Crippen LogP contribution is -2.19. The Kier molecular flexibility index (Phi) is 2.54. The average molecular weight is 210 g/mol. The highest BCUT2D eigenvalue weighted by Crippen LogP contribution is 2.43. The molecular weight excluding hydrogens is 194 g/mol. The Bertz CT molecular complexity index is 344. The first-order valence-electron chi connectivity index (χ1n) is 5.21. The smallest absolute Gasteiger partial charge is 0.0120 e. The molecule has 3 rings (SSSR count). The van der Waals surface area contributed by atoms with Crippen molar-refractivity contribution in [2.75, 3.05) is 0 Å². The molecule has 0 saturated heterocycles. The zero-order chi connectivity index (χ0) is 8.84. The number of hydrogen-bond donors (Lipinski definition) is 1. The van der Waals surface area contributed by atoms with E-state index in [0.717, 1.165) is 18.8 Å². The summed E-state index contributed by atoms with van der Waals surface area (Å²) in [5.74, 6) is 0.875. The van der Waals surface area contributed by atoms with E-state index < -0.39 is 0 Å². The molecule has 14 heavy (non-hydrogen) atoms. The average Bonchev–Trinajstić information content (AvgIpc) is 2.86. The maximum Gasteiger partial charge on any atom is 0.0120 e. The lowest BCUT2D eigenvalue weighted by molar-refractivity contribution is 0.719. The van der Waals surface area contributed by atoms with Gasteiger partial charge in [0.05, 0.1) is 0 Å². The second kappa shape index (κ2) is 3.56. The fourth-order valence-electron chi connectivity index (χ4n) is 2.49. The van der Waals surface area contributed by atoms with Gasteiger partial charge in [0, 0.05) is 6.04 Å². The molecule has 0 bridgehead atoms. The molecular formula is C12H16ClN. The van der Waals surface area contributed by atoms with Gasteiger partial charge in [0.15, 0.2) is 0 Å². The molecule has 0 aliphatic heterocycles. The summed E-state index contributed by atoms with van der Waals surface area (Å²) in [4.78, 5) is 0. The fraction of sp³-hybridized carbons (Fsp3) is 0.500. The second-order valence-electron chi connectivity index (χ2n) is 4.43. The van der Waals surface area contributed by atoms with Crippen molar-refractivity contribution in [3.63, 3.8) is 0 Å². The van der Waals surface area contributed by atoms with Gasteiger partial charge in [-0.3, -0.25) is 0 Å². The van der Waals surface area contributed by atoms with Crippen LogP contribution in [0.25, 0.3) is 0 Å². The maximum absolute atomic E-state index is 5.97. The third kappa shape index (κ3) is 1.55. The third-order valence-electron chi connectivity index (χ3n) is 3.27. The summed E-state index contributed by atoms with van der Waals surface area (Å²) in [7, 11) is 0. The van der Waals surface area contributed by atoms with Crippen molar-refractivity contribution in [3.05, 3.63) is 34.9 Å². The van der Waals surface area contributed by atoms with Crippen LogP contribution in [-0.2, 0) is 12.8 Å². The number of benzene rings is 1. The van der Waals surface area contributed by atoms with Crippen LogP contribution in [0.2, 0.25) is 0 Å². The number of nitrogens with two attached hydrogens (primary N) is 1. The van der Waals surface area contributed by atoms with Gasteiger partial charge in [0.2, 0.25) is 0 Å². The molecule has 1 aromatic carbocycles. The van der Waals surface area contributed by atoms with Crippen LogP contribution in [0.15, 0.2) is 18.2 Å². The maximum atomic E-state index is 5.97. The molecule has 0 amide bonds. The van der Waals surface area contributed by atoms with Crippen molar-refractivity contribution in [1.29, 1.82) is 0 Å². The largest absolute Gasteiger partial charge is 0.327 e. The van der Waals surface area contributed by atoms with Crippen LogP contribution in [0.1, 0.15) is 35.4 Å². The molecule has 0 radical (unpaired) electrons. The summed E-state index contributed by atoms with van der Waals surface area (Å²) in [6.07, 6.45) is 5.00. The van der Waals surface area contributed by atoms with Crippen molar-refractivity contribution >= 4 is 12.4 Å². The quantitative estimate of drug-likeness (QED) is 0.756. The molecule has 2 aliphatic rings. The van der Waals surface area contributed by atoms with Gasteiger partial charge in [-0.05, 0) is 48.3 Å². The van der Waals surface area contributed by atoms with Crippen LogP contribution in [0.4, 0.5) is 0 Å². The molecule has 2 N–H and O–H groups in total. The van der Waals surface area contributed by atoms with Crippen LogP contribution < -0.4 is 5.73 Å².